The molecule has 0 saturated heterocycles. The summed E-state index contributed by atoms with van der Waals surface area (Å²) in [6, 6.07) is 0.876. The largest absolute Gasteiger partial charge is 0.316 e. The molecular weight excluding hydrogens is 194 g/mol. The van der Waals surface area contributed by atoms with Gasteiger partial charge >= 0.3 is 0 Å². The van der Waals surface area contributed by atoms with Gasteiger partial charge in [0.05, 0.1) is 0 Å². The van der Waals surface area contributed by atoms with E-state index in [1.807, 2.05) is 0 Å². The fourth-order valence-electron chi connectivity index (χ4n) is 6.03. The molecule has 0 aromatic heterocycles. The molecule has 1 nitrogen and oxygen atoms in total. The van der Waals surface area contributed by atoms with Crippen molar-refractivity contribution in [2.75, 3.05) is 7.05 Å². The second-order valence-electron chi connectivity index (χ2n) is 7.38. The lowest BCUT2D eigenvalue weighted by Crippen LogP contribution is -2.56. The summed E-state index contributed by atoms with van der Waals surface area (Å²) in [5, 5.41) is 3.72. The highest BCUT2D eigenvalue weighted by Gasteiger charge is 2.56. The van der Waals surface area contributed by atoms with Crippen LogP contribution in [0.1, 0.15) is 51.4 Å². The molecule has 5 fully saturated rings. The Morgan fingerprint density at radius 3 is 1.81 bits per heavy atom. The molecule has 0 amide bonds. The van der Waals surface area contributed by atoms with E-state index in [1.165, 1.54) is 12.8 Å². The monoisotopic (exact) mass is 219 g/mol. The third-order valence-corrected chi connectivity index (χ3v) is 6.15. The second kappa shape index (κ2) is 3.25. The molecule has 4 bridgehead atoms. The summed E-state index contributed by atoms with van der Waals surface area (Å²) in [7, 11) is 2.22. The number of nitrogens with one attached hydrogen (secondary N) is 1. The molecule has 5 aliphatic rings. The Morgan fingerprint density at radius 1 is 0.938 bits per heavy atom. The second-order valence-corrected chi connectivity index (χ2v) is 7.38. The molecule has 0 heterocycles. The minimum absolute atomic E-state index is 0.741. The molecule has 0 aromatic carbocycles. The van der Waals surface area contributed by atoms with E-state index in [0.29, 0.717) is 0 Å². The first-order valence-electron chi connectivity index (χ1n) is 7.46. The summed E-state index contributed by atoms with van der Waals surface area (Å²) in [5.74, 6) is 4.38. The van der Waals surface area contributed by atoms with Crippen LogP contribution in [0.25, 0.3) is 0 Å². The number of rotatable bonds is 3. The molecule has 1 N–H and O–H groups in total. The van der Waals surface area contributed by atoms with E-state index in [-0.39, 0.29) is 0 Å². The summed E-state index contributed by atoms with van der Waals surface area (Å²) in [6.45, 7) is 0. The number of hydrogen-bond acceptors (Lipinski definition) is 1. The van der Waals surface area contributed by atoms with Gasteiger partial charge in [0.2, 0.25) is 0 Å². The molecule has 16 heavy (non-hydrogen) atoms. The van der Waals surface area contributed by atoms with Crippen molar-refractivity contribution in [1.29, 1.82) is 0 Å². The molecular formula is C15H25N. The van der Waals surface area contributed by atoms with Gasteiger partial charge in [-0.15, -0.1) is 0 Å². The maximum Gasteiger partial charge on any atom is 0.0149 e. The fraction of sp³-hybridized carbons (Fsp3) is 1.00. The molecule has 1 unspecified atom stereocenters. The third kappa shape index (κ3) is 1.33. The Kier molecular flexibility index (Phi) is 2.02. The van der Waals surface area contributed by atoms with E-state index in [2.05, 4.69) is 12.4 Å². The zero-order valence-corrected chi connectivity index (χ0v) is 10.5. The van der Waals surface area contributed by atoms with Gasteiger partial charge in [-0.25, -0.2) is 0 Å². The van der Waals surface area contributed by atoms with Crippen LogP contribution in [-0.4, -0.2) is 13.1 Å². The van der Waals surface area contributed by atoms with Crippen molar-refractivity contribution in [3.05, 3.63) is 0 Å². The SMILES string of the molecule is CNC(C1CC1)C12CC3CC(CC(C3)C1)C2. The summed E-state index contributed by atoms with van der Waals surface area (Å²) in [6.07, 6.45) is 12.5. The van der Waals surface area contributed by atoms with E-state index in [0.717, 1.165) is 35.1 Å². The Hall–Kier alpha value is -0.0400. The summed E-state index contributed by atoms with van der Waals surface area (Å²) >= 11 is 0. The zero-order valence-electron chi connectivity index (χ0n) is 10.5. The van der Waals surface area contributed by atoms with Crippen molar-refractivity contribution >= 4 is 0 Å². The minimum atomic E-state index is 0.741. The van der Waals surface area contributed by atoms with Crippen molar-refractivity contribution in [3.8, 4) is 0 Å². The first kappa shape index (κ1) is 9.94. The van der Waals surface area contributed by atoms with Crippen LogP contribution >= 0.6 is 0 Å². The van der Waals surface area contributed by atoms with Crippen LogP contribution in [0.3, 0.4) is 0 Å². The molecule has 90 valence electrons. The average Bonchev–Trinajstić information content (AvgIpc) is 3.00. The zero-order chi connectivity index (χ0) is 10.8. The highest BCUT2D eigenvalue weighted by atomic mass is 14.9. The van der Waals surface area contributed by atoms with E-state index >= 15 is 0 Å². The van der Waals surface area contributed by atoms with E-state index in [1.54, 1.807) is 38.5 Å². The van der Waals surface area contributed by atoms with Crippen molar-refractivity contribution < 1.29 is 0 Å². The van der Waals surface area contributed by atoms with Crippen molar-refractivity contribution in [1.82, 2.24) is 5.32 Å². The topological polar surface area (TPSA) is 12.0 Å². The standard InChI is InChI=1S/C15H25N/c1-16-14(13-2-3-13)15-7-10-4-11(8-15)6-12(5-10)9-15/h10-14,16H,2-9H2,1H3. The highest BCUT2D eigenvalue weighted by molar-refractivity contribution is 5.09. The molecule has 5 saturated carbocycles. The predicted molar refractivity (Wildman–Crippen MR) is 66.2 cm³/mol. The summed E-state index contributed by atoms with van der Waals surface area (Å²) < 4.78 is 0. The van der Waals surface area contributed by atoms with Gasteiger partial charge in [-0.05, 0) is 87.5 Å². The molecule has 1 heteroatoms. The Bertz CT molecular complexity index is 257. The van der Waals surface area contributed by atoms with Crippen LogP contribution in [0, 0.1) is 29.1 Å². The smallest absolute Gasteiger partial charge is 0.0149 e. The van der Waals surface area contributed by atoms with Crippen LogP contribution < -0.4 is 5.32 Å². The summed E-state index contributed by atoms with van der Waals surface area (Å²) in [5.41, 5.74) is 0.741. The van der Waals surface area contributed by atoms with Gasteiger partial charge in [0, 0.05) is 6.04 Å². The van der Waals surface area contributed by atoms with Crippen molar-refractivity contribution in [3.63, 3.8) is 0 Å². The Balaban J connectivity index is 1.64. The van der Waals surface area contributed by atoms with Crippen LogP contribution in [-0.2, 0) is 0 Å². The van der Waals surface area contributed by atoms with E-state index in [9.17, 15) is 0 Å². The van der Waals surface area contributed by atoms with Crippen LogP contribution in [0.5, 0.6) is 0 Å². The molecule has 5 rings (SSSR count). The summed E-state index contributed by atoms with van der Waals surface area (Å²) in [4.78, 5) is 0. The lowest BCUT2D eigenvalue weighted by atomic mass is 9.47. The maximum atomic E-state index is 3.72. The van der Waals surface area contributed by atoms with Gasteiger partial charge in [0.25, 0.3) is 0 Å². The van der Waals surface area contributed by atoms with Gasteiger partial charge < -0.3 is 5.32 Å². The molecule has 1 atom stereocenters. The lowest BCUT2D eigenvalue weighted by Gasteiger charge is -2.59. The molecule has 0 spiro atoms. The first-order valence-corrected chi connectivity index (χ1v) is 7.46. The molecule has 0 aromatic rings. The van der Waals surface area contributed by atoms with Gasteiger partial charge in [-0.1, -0.05) is 0 Å². The van der Waals surface area contributed by atoms with Gasteiger partial charge in [-0.3, -0.25) is 0 Å². The van der Waals surface area contributed by atoms with Crippen molar-refractivity contribution in [2.45, 2.75) is 57.4 Å². The van der Waals surface area contributed by atoms with E-state index in [4.69, 9.17) is 0 Å². The normalized spacial score (nSPS) is 51.9. The molecule has 0 aliphatic heterocycles. The molecule has 0 radical (unpaired) electrons. The predicted octanol–water partition coefficient (Wildman–Crippen LogP) is 3.20. The van der Waals surface area contributed by atoms with Gasteiger partial charge in [0.15, 0.2) is 0 Å². The number of hydrogen-bond donors (Lipinski definition) is 1. The Morgan fingerprint density at radius 2 is 1.44 bits per heavy atom. The quantitative estimate of drug-likeness (QED) is 0.768. The minimum Gasteiger partial charge on any atom is -0.316 e. The Labute approximate surface area is 99.4 Å². The van der Waals surface area contributed by atoms with Crippen LogP contribution in [0.2, 0.25) is 0 Å². The van der Waals surface area contributed by atoms with Gasteiger partial charge in [-0.2, -0.15) is 0 Å². The van der Waals surface area contributed by atoms with Crippen molar-refractivity contribution in [2.24, 2.45) is 29.1 Å². The third-order valence-electron chi connectivity index (χ3n) is 6.15. The highest BCUT2D eigenvalue weighted by Crippen LogP contribution is 2.63. The van der Waals surface area contributed by atoms with Crippen LogP contribution in [0.4, 0.5) is 0 Å². The van der Waals surface area contributed by atoms with Gasteiger partial charge in [0.1, 0.15) is 0 Å². The molecule has 5 aliphatic carbocycles. The average molecular weight is 219 g/mol. The van der Waals surface area contributed by atoms with Crippen LogP contribution in [0.15, 0.2) is 0 Å². The lowest BCUT2D eigenvalue weighted by molar-refractivity contribution is -0.0766. The maximum absolute atomic E-state index is 3.72. The van der Waals surface area contributed by atoms with E-state index < -0.39 is 0 Å². The first-order chi connectivity index (χ1) is 7.79. The fourth-order valence-corrected chi connectivity index (χ4v) is 6.03.